The molecule has 2 rings (SSSR count). The van der Waals surface area contributed by atoms with E-state index in [4.69, 9.17) is 9.47 Å². The van der Waals surface area contributed by atoms with Gasteiger partial charge in [-0.1, -0.05) is 12.1 Å². The van der Waals surface area contributed by atoms with Gasteiger partial charge in [0.25, 0.3) is 5.91 Å². The summed E-state index contributed by atoms with van der Waals surface area (Å²) in [5.41, 5.74) is 3.29. The number of benzene rings is 2. The molecule has 0 aliphatic heterocycles. The number of amides is 1. The molecule has 0 unspecified atom stereocenters. The van der Waals surface area contributed by atoms with E-state index in [0.717, 1.165) is 0 Å². The second-order valence-corrected chi connectivity index (χ2v) is 4.32. The molecule has 0 bridgehead atoms. The number of nitrogens with one attached hydrogen (secondary N) is 1. The van der Waals surface area contributed by atoms with E-state index in [1.165, 1.54) is 32.6 Å². The first-order valence-electron chi connectivity index (χ1n) is 6.45. The number of hydrazone groups is 1. The maximum atomic E-state index is 13.0. The summed E-state index contributed by atoms with van der Waals surface area (Å²) in [5, 5.41) is 3.79. The number of hydrogen-bond acceptors (Lipinski definition) is 4. The van der Waals surface area contributed by atoms with Crippen LogP contribution in [0.3, 0.4) is 0 Å². The van der Waals surface area contributed by atoms with Gasteiger partial charge in [0, 0.05) is 5.56 Å². The molecule has 6 heteroatoms. The van der Waals surface area contributed by atoms with Crippen molar-refractivity contribution in [2.75, 3.05) is 14.2 Å². The normalized spacial score (nSPS) is 10.5. The largest absolute Gasteiger partial charge is 0.493 e. The lowest BCUT2D eigenvalue weighted by Crippen LogP contribution is -2.17. The van der Waals surface area contributed by atoms with Crippen molar-refractivity contribution in [3.8, 4) is 11.5 Å². The lowest BCUT2D eigenvalue weighted by Gasteiger charge is -2.08. The van der Waals surface area contributed by atoms with E-state index in [1.54, 1.807) is 30.3 Å². The molecule has 22 heavy (non-hydrogen) atoms. The van der Waals surface area contributed by atoms with Gasteiger partial charge in [-0.05, 0) is 35.9 Å². The van der Waals surface area contributed by atoms with Gasteiger partial charge in [0.05, 0.1) is 20.4 Å². The highest BCUT2D eigenvalue weighted by molar-refractivity contribution is 5.95. The van der Waals surface area contributed by atoms with E-state index in [0.29, 0.717) is 22.6 Å². The Bertz CT molecular complexity index is 702. The summed E-state index contributed by atoms with van der Waals surface area (Å²) in [6, 6.07) is 10.7. The number of hydrogen-bond donors (Lipinski definition) is 1. The van der Waals surface area contributed by atoms with Crippen LogP contribution in [-0.2, 0) is 0 Å². The maximum absolute atomic E-state index is 13.0. The molecule has 0 heterocycles. The summed E-state index contributed by atoms with van der Waals surface area (Å²) in [5.74, 6) is 0.204. The number of halogens is 1. The number of carbonyl (C=O) groups excluding carboxylic acids is 1. The zero-order valence-electron chi connectivity index (χ0n) is 12.2. The van der Waals surface area contributed by atoms with Gasteiger partial charge in [0.1, 0.15) is 5.82 Å². The number of methoxy groups -OCH3 is 2. The van der Waals surface area contributed by atoms with Crippen molar-refractivity contribution in [2.24, 2.45) is 5.10 Å². The van der Waals surface area contributed by atoms with E-state index < -0.39 is 5.91 Å². The molecule has 0 atom stereocenters. The van der Waals surface area contributed by atoms with E-state index in [2.05, 4.69) is 10.5 Å². The molecule has 0 radical (unpaired) electrons. The van der Waals surface area contributed by atoms with E-state index in [-0.39, 0.29) is 5.82 Å². The Morgan fingerprint density at radius 3 is 2.59 bits per heavy atom. The van der Waals surface area contributed by atoms with Gasteiger partial charge >= 0.3 is 0 Å². The van der Waals surface area contributed by atoms with Gasteiger partial charge < -0.3 is 9.47 Å². The third-order valence-electron chi connectivity index (χ3n) is 2.87. The molecule has 0 aliphatic carbocycles. The SMILES string of the molecule is COc1ccc(C(=O)N/N=C/c2cccc(F)c2)cc1OC. The van der Waals surface area contributed by atoms with Crippen LogP contribution in [0.1, 0.15) is 15.9 Å². The molecule has 1 amide bonds. The zero-order chi connectivity index (χ0) is 15.9. The lowest BCUT2D eigenvalue weighted by atomic mass is 10.2. The standard InChI is InChI=1S/C16H15FN2O3/c1-21-14-7-6-12(9-15(14)22-2)16(20)19-18-10-11-4-3-5-13(17)8-11/h3-10H,1-2H3,(H,19,20)/b18-10+. The maximum Gasteiger partial charge on any atom is 0.271 e. The Labute approximate surface area is 127 Å². The Morgan fingerprint density at radius 1 is 1.14 bits per heavy atom. The predicted octanol–water partition coefficient (Wildman–Crippen LogP) is 2.61. The van der Waals surface area contributed by atoms with Crippen molar-refractivity contribution in [2.45, 2.75) is 0 Å². The fourth-order valence-corrected chi connectivity index (χ4v) is 1.79. The third kappa shape index (κ3) is 3.82. The molecule has 1 N–H and O–H groups in total. The molecule has 2 aromatic rings. The van der Waals surface area contributed by atoms with Crippen molar-refractivity contribution in [3.05, 3.63) is 59.4 Å². The van der Waals surface area contributed by atoms with Crippen LogP contribution >= 0.6 is 0 Å². The summed E-state index contributed by atoms with van der Waals surface area (Å²) < 4.78 is 23.2. The smallest absolute Gasteiger partial charge is 0.271 e. The monoisotopic (exact) mass is 302 g/mol. The van der Waals surface area contributed by atoms with Gasteiger partial charge in [-0.2, -0.15) is 5.10 Å². The van der Waals surface area contributed by atoms with Crippen molar-refractivity contribution in [3.63, 3.8) is 0 Å². The molecular formula is C16H15FN2O3. The molecule has 2 aromatic carbocycles. The predicted molar refractivity (Wildman–Crippen MR) is 81.0 cm³/mol. The minimum atomic E-state index is -0.409. The molecular weight excluding hydrogens is 287 g/mol. The average molecular weight is 302 g/mol. The molecule has 114 valence electrons. The minimum absolute atomic E-state index is 0.366. The van der Waals surface area contributed by atoms with Crippen molar-refractivity contribution in [1.82, 2.24) is 5.43 Å². The van der Waals surface area contributed by atoms with Crippen LogP contribution < -0.4 is 14.9 Å². The van der Waals surface area contributed by atoms with Crippen molar-refractivity contribution in [1.29, 1.82) is 0 Å². The van der Waals surface area contributed by atoms with Gasteiger partial charge in [-0.25, -0.2) is 9.82 Å². The zero-order valence-corrected chi connectivity index (χ0v) is 12.2. The summed E-state index contributed by atoms with van der Waals surface area (Å²) in [6.45, 7) is 0. The number of rotatable bonds is 5. The summed E-state index contributed by atoms with van der Waals surface area (Å²) >= 11 is 0. The molecule has 0 aliphatic rings. The Morgan fingerprint density at radius 2 is 1.91 bits per heavy atom. The van der Waals surface area contributed by atoms with Crippen LogP contribution in [-0.4, -0.2) is 26.3 Å². The number of nitrogens with zero attached hydrogens (tertiary/aromatic N) is 1. The van der Waals surface area contributed by atoms with Crippen LogP contribution in [0, 0.1) is 5.82 Å². The number of carbonyl (C=O) groups is 1. The van der Waals surface area contributed by atoms with Crippen LogP contribution in [0.25, 0.3) is 0 Å². The first-order valence-corrected chi connectivity index (χ1v) is 6.45. The van der Waals surface area contributed by atoms with Crippen LogP contribution in [0.5, 0.6) is 11.5 Å². The van der Waals surface area contributed by atoms with Gasteiger partial charge in [-0.15, -0.1) is 0 Å². The number of ether oxygens (including phenoxy) is 2. The van der Waals surface area contributed by atoms with E-state index in [9.17, 15) is 9.18 Å². The molecule has 0 spiro atoms. The second-order valence-electron chi connectivity index (χ2n) is 4.32. The Hall–Kier alpha value is -2.89. The van der Waals surface area contributed by atoms with Crippen LogP contribution in [0.15, 0.2) is 47.6 Å². The molecule has 0 aromatic heterocycles. The summed E-state index contributed by atoms with van der Waals surface area (Å²) in [6.07, 6.45) is 1.36. The topological polar surface area (TPSA) is 59.9 Å². The van der Waals surface area contributed by atoms with Crippen molar-refractivity contribution < 1.29 is 18.7 Å². The first-order chi connectivity index (χ1) is 10.6. The second kappa shape index (κ2) is 7.21. The molecule has 0 fully saturated rings. The van der Waals surface area contributed by atoms with Crippen molar-refractivity contribution >= 4 is 12.1 Å². The Balaban J connectivity index is 2.06. The van der Waals surface area contributed by atoms with E-state index in [1.807, 2.05) is 0 Å². The van der Waals surface area contributed by atoms with E-state index >= 15 is 0 Å². The minimum Gasteiger partial charge on any atom is -0.493 e. The van der Waals surface area contributed by atoms with Gasteiger partial charge in [0.15, 0.2) is 11.5 Å². The van der Waals surface area contributed by atoms with Crippen LogP contribution in [0.4, 0.5) is 4.39 Å². The summed E-state index contributed by atoms with van der Waals surface area (Å²) in [7, 11) is 3.00. The average Bonchev–Trinajstić information content (AvgIpc) is 2.54. The fourth-order valence-electron chi connectivity index (χ4n) is 1.79. The molecule has 0 saturated heterocycles. The lowest BCUT2D eigenvalue weighted by molar-refractivity contribution is 0.0954. The molecule has 5 nitrogen and oxygen atoms in total. The third-order valence-corrected chi connectivity index (χ3v) is 2.87. The summed E-state index contributed by atoms with van der Waals surface area (Å²) in [4.78, 5) is 12.0. The van der Waals surface area contributed by atoms with Gasteiger partial charge in [-0.3, -0.25) is 4.79 Å². The highest BCUT2D eigenvalue weighted by Gasteiger charge is 2.09. The quantitative estimate of drug-likeness (QED) is 0.682. The van der Waals surface area contributed by atoms with Crippen LogP contribution in [0.2, 0.25) is 0 Å². The fraction of sp³-hybridized carbons (Fsp3) is 0.125. The van der Waals surface area contributed by atoms with Gasteiger partial charge in [0.2, 0.25) is 0 Å². The Kier molecular flexibility index (Phi) is 5.08. The molecule has 0 saturated carbocycles. The highest BCUT2D eigenvalue weighted by Crippen LogP contribution is 2.27. The highest BCUT2D eigenvalue weighted by atomic mass is 19.1. The first kappa shape index (κ1) is 15.5.